The molecule has 4 atom stereocenters. The average Bonchev–Trinajstić information content (AvgIpc) is 2.53. The van der Waals surface area contributed by atoms with Gasteiger partial charge in [0.25, 0.3) is 0 Å². The summed E-state index contributed by atoms with van der Waals surface area (Å²) in [5.41, 5.74) is 0. The van der Waals surface area contributed by atoms with Crippen molar-refractivity contribution in [1.82, 2.24) is 15.1 Å². The minimum absolute atomic E-state index is 0.687. The Morgan fingerprint density at radius 1 is 1.00 bits per heavy atom. The maximum absolute atomic E-state index is 3.59. The van der Waals surface area contributed by atoms with Gasteiger partial charge in [-0.05, 0) is 58.3 Å². The number of nitrogens with zero attached hydrogens (tertiary/aromatic N) is 2. The minimum atomic E-state index is 0.687. The maximum atomic E-state index is 3.59. The molecule has 18 heavy (non-hydrogen) atoms. The lowest BCUT2D eigenvalue weighted by atomic mass is 9.76. The van der Waals surface area contributed by atoms with Crippen LogP contribution in [0.15, 0.2) is 0 Å². The lowest BCUT2D eigenvalue weighted by Gasteiger charge is -2.45. The molecule has 4 unspecified atom stereocenters. The Labute approximate surface area is 113 Å². The van der Waals surface area contributed by atoms with Crippen LogP contribution in [0.5, 0.6) is 0 Å². The summed E-state index contributed by atoms with van der Waals surface area (Å²) in [7, 11) is 4.40. The van der Waals surface area contributed by atoms with Crippen molar-refractivity contribution in [1.29, 1.82) is 0 Å². The molecule has 1 aliphatic carbocycles. The van der Waals surface area contributed by atoms with Gasteiger partial charge in [-0.25, -0.2) is 0 Å². The Balaban J connectivity index is 2.03. The molecule has 0 aromatic heterocycles. The minimum Gasteiger partial charge on any atom is -0.315 e. The first-order chi connectivity index (χ1) is 8.61. The van der Waals surface area contributed by atoms with Gasteiger partial charge >= 0.3 is 0 Å². The van der Waals surface area contributed by atoms with E-state index in [-0.39, 0.29) is 0 Å². The lowest BCUT2D eigenvalue weighted by molar-refractivity contribution is 0.0672. The highest BCUT2D eigenvalue weighted by atomic mass is 15.2. The van der Waals surface area contributed by atoms with Crippen LogP contribution in [0.3, 0.4) is 0 Å². The molecule has 2 rings (SSSR count). The standard InChI is InChI=1S/C15H31N3/c1-12-10-13(2)15(14(11-12)16-3)18-7-5-6-17(4)8-9-18/h12-16H,5-11H2,1-4H3. The van der Waals surface area contributed by atoms with Crippen LogP contribution in [0.2, 0.25) is 0 Å². The molecule has 1 saturated carbocycles. The van der Waals surface area contributed by atoms with Crippen LogP contribution in [0.1, 0.15) is 33.1 Å². The predicted molar refractivity (Wildman–Crippen MR) is 77.9 cm³/mol. The highest BCUT2D eigenvalue weighted by molar-refractivity contribution is 4.94. The van der Waals surface area contributed by atoms with E-state index < -0.39 is 0 Å². The van der Waals surface area contributed by atoms with Crippen LogP contribution < -0.4 is 5.32 Å². The van der Waals surface area contributed by atoms with E-state index in [4.69, 9.17) is 0 Å². The Kier molecular flexibility index (Phi) is 5.05. The van der Waals surface area contributed by atoms with Crippen LogP contribution in [0, 0.1) is 11.8 Å². The number of nitrogens with one attached hydrogen (secondary N) is 1. The molecule has 2 fully saturated rings. The van der Waals surface area contributed by atoms with Crippen molar-refractivity contribution in [2.24, 2.45) is 11.8 Å². The molecule has 0 aromatic carbocycles. The van der Waals surface area contributed by atoms with Crippen molar-refractivity contribution in [2.45, 2.75) is 45.2 Å². The molecule has 1 aliphatic heterocycles. The number of likely N-dealkylation sites (N-methyl/N-ethyl adjacent to an activating group) is 2. The normalized spacial score (nSPS) is 40.7. The van der Waals surface area contributed by atoms with Crippen molar-refractivity contribution in [3.63, 3.8) is 0 Å². The van der Waals surface area contributed by atoms with E-state index in [0.29, 0.717) is 6.04 Å². The third-order valence-corrected chi connectivity index (χ3v) is 4.97. The van der Waals surface area contributed by atoms with E-state index in [0.717, 1.165) is 17.9 Å². The zero-order valence-electron chi connectivity index (χ0n) is 12.7. The summed E-state index contributed by atoms with van der Waals surface area (Å²) >= 11 is 0. The summed E-state index contributed by atoms with van der Waals surface area (Å²) in [4.78, 5) is 5.24. The fourth-order valence-electron chi connectivity index (χ4n) is 4.11. The second-order valence-corrected chi connectivity index (χ2v) is 6.63. The predicted octanol–water partition coefficient (Wildman–Crippen LogP) is 1.65. The summed E-state index contributed by atoms with van der Waals surface area (Å²) < 4.78 is 0. The highest BCUT2D eigenvalue weighted by Crippen LogP contribution is 2.32. The van der Waals surface area contributed by atoms with Gasteiger partial charge in [-0.2, -0.15) is 0 Å². The summed E-state index contributed by atoms with van der Waals surface area (Å²) in [5.74, 6) is 1.71. The quantitative estimate of drug-likeness (QED) is 0.807. The zero-order valence-corrected chi connectivity index (χ0v) is 12.7. The molecule has 106 valence electrons. The number of rotatable bonds is 2. The van der Waals surface area contributed by atoms with Gasteiger partial charge in [0.15, 0.2) is 0 Å². The molecule has 2 aliphatic rings. The zero-order chi connectivity index (χ0) is 13.1. The van der Waals surface area contributed by atoms with Gasteiger partial charge < -0.3 is 10.2 Å². The first-order valence-corrected chi connectivity index (χ1v) is 7.71. The SMILES string of the molecule is CNC1CC(C)CC(C)C1N1CCCN(C)CC1. The Morgan fingerprint density at radius 2 is 1.78 bits per heavy atom. The van der Waals surface area contributed by atoms with Gasteiger partial charge in [-0.1, -0.05) is 13.8 Å². The van der Waals surface area contributed by atoms with Crippen molar-refractivity contribution >= 4 is 0 Å². The second kappa shape index (κ2) is 6.36. The molecule has 3 heteroatoms. The van der Waals surface area contributed by atoms with Gasteiger partial charge in [0.2, 0.25) is 0 Å². The lowest BCUT2D eigenvalue weighted by Crippen LogP contribution is -2.56. The van der Waals surface area contributed by atoms with Crippen molar-refractivity contribution < 1.29 is 0 Å². The van der Waals surface area contributed by atoms with E-state index in [9.17, 15) is 0 Å². The number of hydrogen-bond acceptors (Lipinski definition) is 3. The number of hydrogen-bond donors (Lipinski definition) is 1. The summed E-state index contributed by atoms with van der Waals surface area (Å²) in [6.07, 6.45) is 4.07. The second-order valence-electron chi connectivity index (χ2n) is 6.63. The van der Waals surface area contributed by atoms with Gasteiger partial charge in [0.05, 0.1) is 0 Å². The molecule has 0 bridgehead atoms. The van der Waals surface area contributed by atoms with Crippen LogP contribution in [0.4, 0.5) is 0 Å². The first-order valence-electron chi connectivity index (χ1n) is 7.71. The van der Waals surface area contributed by atoms with E-state index in [1.807, 2.05) is 0 Å². The van der Waals surface area contributed by atoms with Crippen LogP contribution in [-0.4, -0.2) is 62.2 Å². The third-order valence-electron chi connectivity index (χ3n) is 4.97. The average molecular weight is 253 g/mol. The van der Waals surface area contributed by atoms with Gasteiger partial charge in [0, 0.05) is 25.2 Å². The molecule has 0 aromatic rings. The molecule has 1 heterocycles. The molecule has 0 radical (unpaired) electrons. The third kappa shape index (κ3) is 3.25. The monoisotopic (exact) mass is 253 g/mol. The van der Waals surface area contributed by atoms with E-state index in [1.165, 1.54) is 45.4 Å². The molecule has 3 nitrogen and oxygen atoms in total. The van der Waals surface area contributed by atoms with Crippen molar-refractivity contribution in [3.8, 4) is 0 Å². The van der Waals surface area contributed by atoms with Crippen molar-refractivity contribution in [3.05, 3.63) is 0 Å². The van der Waals surface area contributed by atoms with Crippen molar-refractivity contribution in [2.75, 3.05) is 40.3 Å². The first kappa shape index (κ1) is 14.3. The smallest absolute Gasteiger partial charge is 0.0275 e. The van der Waals surface area contributed by atoms with Gasteiger partial charge in [0.1, 0.15) is 0 Å². The Hall–Kier alpha value is -0.120. The molecule has 0 amide bonds. The van der Waals surface area contributed by atoms with E-state index in [1.54, 1.807) is 0 Å². The fraction of sp³-hybridized carbons (Fsp3) is 1.00. The summed E-state index contributed by atoms with van der Waals surface area (Å²) in [6, 6.07) is 1.44. The van der Waals surface area contributed by atoms with Crippen LogP contribution in [-0.2, 0) is 0 Å². The van der Waals surface area contributed by atoms with E-state index >= 15 is 0 Å². The molecule has 0 spiro atoms. The topological polar surface area (TPSA) is 18.5 Å². The van der Waals surface area contributed by atoms with Gasteiger partial charge in [-0.15, -0.1) is 0 Å². The van der Waals surface area contributed by atoms with Gasteiger partial charge in [-0.3, -0.25) is 4.90 Å². The Morgan fingerprint density at radius 3 is 2.50 bits per heavy atom. The molecular weight excluding hydrogens is 222 g/mol. The molecule has 1 N–H and O–H groups in total. The van der Waals surface area contributed by atoms with E-state index in [2.05, 4.69) is 43.1 Å². The highest BCUT2D eigenvalue weighted by Gasteiger charge is 2.37. The summed E-state index contributed by atoms with van der Waals surface area (Å²) in [5, 5.41) is 3.59. The largest absolute Gasteiger partial charge is 0.315 e. The maximum Gasteiger partial charge on any atom is 0.0275 e. The van der Waals surface area contributed by atoms with Crippen LogP contribution >= 0.6 is 0 Å². The Bertz CT molecular complexity index is 256. The fourth-order valence-corrected chi connectivity index (χ4v) is 4.11. The molecular formula is C15H31N3. The van der Waals surface area contributed by atoms with Crippen LogP contribution in [0.25, 0.3) is 0 Å². The summed E-state index contributed by atoms with van der Waals surface area (Å²) in [6.45, 7) is 9.89. The molecule has 1 saturated heterocycles.